The van der Waals surface area contributed by atoms with E-state index in [0.717, 1.165) is 0 Å². The summed E-state index contributed by atoms with van der Waals surface area (Å²) in [6, 6.07) is 0. The first-order valence-corrected chi connectivity index (χ1v) is 5.80. The van der Waals surface area contributed by atoms with E-state index in [-0.39, 0.29) is 25.2 Å². The van der Waals surface area contributed by atoms with Gasteiger partial charge in [0.05, 0.1) is 0 Å². The number of alkyl halides is 3. The van der Waals surface area contributed by atoms with Crippen molar-refractivity contribution in [2.45, 2.75) is 25.6 Å². The Morgan fingerprint density at radius 1 is 1.53 bits per heavy atom. The standard InChI is InChI=1S/C9H12F3N3OS/c10-9(11,12)2-1-3-14-8(16)6-5-17-7(4-13)15-6/h5H,1-4,13H2,(H,14,16). The predicted molar refractivity (Wildman–Crippen MR) is 57.6 cm³/mol. The molecule has 0 bridgehead atoms. The molecule has 4 nitrogen and oxygen atoms in total. The highest BCUT2D eigenvalue weighted by molar-refractivity contribution is 7.09. The van der Waals surface area contributed by atoms with Crippen LogP contribution in [-0.4, -0.2) is 23.6 Å². The minimum atomic E-state index is -4.18. The SMILES string of the molecule is NCc1nc(C(=O)NCCCC(F)(F)F)cs1. The monoisotopic (exact) mass is 267 g/mol. The van der Waals surface area contributed by atoms with Crippen LogP contribution in [0.2, 0.25) is 0 Å². The first-order valence-electron chi connectivity index (χ1n) is 4.92. The molecule has 0 radical (unpaired) electrons. The van der Waals surface area contributed by atoms with Gasteiger partial charge in [-0.1, -0.05) is 0 Å². The zero-order valence-corrected chi connectivity index (χ0v) is 9.70. The number of aromatic nitrogens is 1. The molecule has 96 valence electrons. The second-order valence-electron chi connectivity index (χ2n) is 3.31. The lowest BCUT2D eigenvalue weighted by molar-refractivity contribution is -0.135. The van der Waals surface area contributed by atoms with Crippen molar-refractivity contribution in [3.05, 3.63) is 16.1 Å². The highest BCUT2D eigenvalue weighted by atomic mass is 32.1. The van der Waals surface area contributed by atoms with E-state index in [1.54, 1.807) is 0 Å². The maximum absolute atomic E-state index is 11.8. The Morgan fingerprint density at radius 3 is 2.76 bits per heavy atom. The van der Waals surface area contributed by atoms with Gasteiger partial charge in [0, 0.05) is 24.9 Å². The number of hydrogen-bond acceptors (Lipinski definition) is 4. The summed E-state index contributed by atoms with van der Waals surface area (Å²) in [6.45, 7) is 0.222. The van der Waals surface area contributed by atoms with Crippen molar-refractivity contribution in [1.29, 1.82) is 0 Å². The fraction of sp³-hybridized carbons (Fsp3) is 0.556. The number of hydrogen-bond donors (Lipinski definition) is 2. The fourth-order valence-corrected chi connectivity index (χ4v) is 1.74. The maximum Gasteiger partial charge on any atom is 0.389 e. The van der Waals surface area contributed by atoms with Crippen molar-refractivity contribution in [2.24, 2.45) is 5.73 Å². The number of amides is 1. The molecule has 1 heterocycles. The molecule has 1 aromatic rings. The van der Waals surface area contributed by atoms with Crippen LogP contribution in [0.5, 0.6) is 0 Å². The van der Waals surface area contributed by atoms with Crippen LogP contribution in [0.25, 0.3) is 0 Å². The van der Waals surface area contributed by atoms with Crippen LogP contribution in [0.1, 0.15) is 28.3 Å². The molecule has 0 aliphatic rings. The normalized spacial score (nSPS) is 11.5. The molecular formula is C9H12F3N3OS. The zero-order chi connectivity index (χ0) is 12.9. The van der Waals surface area contributed by atoms with Crippen LogP contribution >= 0.6 is 11.3 Å². The molecule has 3 N–H and O–H groups in total. The quantitative estimate of drug-likeness (QED) is 0.797. The molecule has 0 atom stereocenters. The van der Waals surface area contributed by atoms with Crippen molar-refractivity contribution < 1.29 is 18.0 Å². The van der Waals surface area contributed by atoms with Gasteiger partial charge < -0.3 is 11.1 Å². The summed E-state index contributed by atoms with van der Waals surface area (Å²) in [4.78, 5) is 15.3. The van der Waals surface area contributed by atoms with Gasteiger partial charge >= 0.3 is 6.18 Å². The summed E-state index contributed by atoms with van der Waals surface area (Å²) in [5, 5.41) is 4.52. The van der Waals surface area contributed by atoms with Gasteiger partial charge in [-0.3, -0.25) is 4.79 Å². The van der Waals surface area contributed by atoms with E-state index in [1.165, 1.54) is 16.7 Å². The molecule has 0 aliphatic carbocycles. The number of rotatable bonds is 5. The van der Waals surface area contributed by atoms with E-state index in [4.69, 9.17) is 5.73 Å². The van der Waals surface area contributed by atoms with Crippen LogP contribution in [-0.2, 0) is 6.54 Å². The van der Waals surface area contributed by atoms with Gasteiger partial charge in [0.25, 0.3) is 5.91 Å². The Labute approximate surface area is 100 Å². The smallest absolute Gasteiger partial charge is 0.351 e. The van der Waals surface area contributed by atoms with Gasteiger partial charge in [-0.15, -0.1) is 11.3 Å². The number of nitrogens with two attached hydrogens (primary N) is 1. The number of nitrogens with one attached hydrogen (secondary N) is 1. The third kappa shape index (κ3) is 5.14. The van der Waals surface area contributed by atoms with Gasteiger partial charge in [0.1, 0.15) is 10.7 Å². The number of halogens is 3. The molecule has 0 saturated carbocycles. The molecule has 0 unspecified atom stereocenters. The van der Waals surface area contributed by atoms with Crippen molar-refractivity contribution in [3.63, 3.8) is 0 Å². The lowest BCUT2D eigenvalue weighted by atomic mass is 10.3. The van der Waals surface area contributed by atoms with E-state index < -0.39 is 18.5 Å². The minimum absolute atomic E-state index is 0.0200. The van der Waals surface area contributed by atoms with Crippen molar-refractivity contribution >= 4 is 17.2 Å². The van der Waals surface area contributed by atoms with Gasteiger partial charge in [0.2, 0.25) is 0 Å². The largest absolute Gasteiger partial charge is 0.389 e. The van der Waals surface area contributed by atoms with Crippen LogP contribution in [0.15, 0.2) is 5.38 Å². The average molecular weight is 267 g/mol. The first-order chi connectivity index (χ1) is 7.92. The summed E-state index contributed by atoms with van der Waals surface area (Å²) in [5.41, 5.74) is 5.52. The lowest BCUT2D eigenvalue weighted by Crippen LogP contribution is -2.25. The molecule has 17 heavy (non-hydrogen) atoms. The second kappa shape index (κ2) is 5.97. The molecule has 0 spiro atoms. The average Bonchev–Trinajstić information content (AvgIpc) is 2.71. The van der Waals surface area contributed by atoms with Gasteiger partial charge in [0.15, 0.2) is 0 Å². The topological polar surface area (TPSA) is 68.0 Å². The van der Waals surface area contributed by atoms with E-state index >= 15 is 0 Å². The van der Waals surface area contributed by atoms with Crippen molar-refractivity contribution in [1.82, 2.24) is 10.3 Å². The molecular weight excluding hydrogens is 255 g/mol. The summed E-state index contributed by atoms with van der Waals surface area (Å²) in [6.07, 6.45) is -5.22. The molecule has 0 fully saturated rings. The molecule has 0 aromatic carbocycles. The van der Waals surface area contributed by atoms with Crippen LogP contribution in [0.3, 0.4) is 0 Å². The number of carbonyl (C=O) groups is 1. The highest BCUT2D eigenvalue weighted by Gasteiger charge is 2.26. The number of thiazole rings is 1. The summed E-state index contributed by atoms with van der Waals surface area (Å²) in [7, 11) is 0. The van der Waals surface area contributed by atoms with E-state index in [2.05, 4.69) is 10.3 Å². The molecule has 0 saturated heterocycles. The molecule has 1 rings (SSSR count). The number of nitrogens with zero attached hydrogens (tertiary/aromatic N) is 1. The number of carbonyl (C=O) groups excluding carboxylic acids is 1. The van der Waals surface area contributed by atoms with E-state index in [1.807, 2.05) is 0 Å². The summed E-state index contributed by atoms with van der Waals surface area (Å²) >= 11 is 1.24. The van der Waals surface area contributed by atoms with Gasteiger partial charge in [-0.25, -0.2) is 4.98 Å². The Morgan fingerprint density at radius 2 is 2.24 bits per heavy atom. The van der Waals surface area contributed by atoms with Crippen molar-refractivity contribution in [2.75, 3.05) is 6.54 Å². The van der Waals surface area contributed by atoms with Gasteiger partial charge in [-0.2, -0.15) is 13.2 Å². The molecule has 0 aliphatic heterocycles. The van der Waals surface area contributed by atoms with Crippen LogP contribution in [0, 0.1) is 0 Å². The zero-order valence-electron chi connectivity index (χ0n) is 8.88. The predicted octanol–water partition coefficient (Wildman–Crippen LogP) is 1.67. The Kier molecular flexibility index (Phi) is 4.88. The maximum atomic E-state index is 11.8. The minimum Gasteiger partial charge on any atom is -0.351 e. The van der Waals surface area contributed by atoms with Crippen LogP contribution in [0.4, 0.5) is 13.2 Å². The third-order valence-corrected chi connectivity index (χ3v) is 2.75. The lowest BCUT2D eigenvalue weighted by Gasteiger charge is -2.06. The van der Waals surface area contributed by atoms with Crippen LogP contribution < -0.4 is 11.1 Å². The molecule has 1 aromatic heterocycles. The molecule has 8 heteroatoms. The third-order valence-electron chi connectivity index (χ3n) is 1.88. The second-order valence-corrected chi connectivity index (χ2v) is 4.25. The van der Waals surface area contributed by atoms with E-state index in [0.29, 0.717) is 5.01 Å². The Balaban J connectivity index is 2.30. The van der Waals surface area contributed by atoms with Crippen molar-refractivity contribution in [3.8, 4) is 0 Å². The Hall–Kier alpha value is -1.15. The van der Waals surface area contributed by atoms with E-state index in [9.17, 15) is 18.0 Å². The summed E-state index contributed by atoms with van der Waals surface area (Å²) in [5.74, 6) is -0.469. The Bertz CT molecular complexity index is 378. The fourth-order valence-electron chi connectivity index (χ4n) is 1.09. The van der Waals surface area contributed by atoms with Gasteiger partial charge in [-0.05, 0) is 6.42 Å². The summed E-state index contributed by atoms with van der Waals surface area (Å²) < 4.78 is 35.4. The molecule has 1 amide bonds. The first kappa shape index (κ1) is 13.9. The highest BCUT2D eigenvalue weighted by Crippen LogP contribution is 2.20.